The standard InChI is InChI=1S/C18H21N3O2/c1-2-9-23-18-14-5-3-4-6-15(14)19-17-12-16(20-21(17)18)13-7-10-22-11-8-13/h1,12-13H,3-11H2. The summed E-state index contributed by atoms with van der Waals surface area (Å²) in [5.41, 5.74) is 4.29. The lowest BCUT2D eigenvalue weighted by Gasteiger charge is -2.20. The van der Waals surface area contributed by atoms with Crippen molar-refractivity contribution in [1.29, 1.82) is 0 Å². The monoisotopic (exact) mass is 311 g/mol. The SMILES string of the molecule is C#CCOc1c2c(nc3cc(C4CCOCC4)nn13)CCCC2. The van der Waals surface area contributed by atoms with Gasteiger partial charge in [0, 0.05) is 30.8 Å². The summed E-state index contributed by atoms with van der Waals surface area (Å²) >= 11 is 0. The number of fused-ring (bicyclic) bond motifs is 2. The molecule has 0 atom stereocenters. The summed E-state index contributed by atoms with van der Waals surface area (Å²) in [6.07, 6.45) is 11.8. The molecule has 0 amide bonds. The van der Waals surface area contributed by atoms with Crippen LogP contribution >= 0.6 is 0 Å². The molecule has 2 aliphatic rings. The predicted octanol–water partition coefficient (Wildman–Crippen LogP) is 2.51. The lowest BCUT2D eigenvalue weighted by molar-refractivity contribution is 0.0844. The Morgan fingerprint density at radius 2 is 2.13 bits per heavy atom. The Morgan fingerprint density at radius 1 is 1.30 bits per heavy atom. The van der Waals surface area contributed by atoms with Crippen LogP contribution in [-0.4, -0.2) is 34.4 Å². The van der Waals surface area contributed by atoms with E-state index in [0.29, 0.717) is 5.92 Å². The summed E-state index contributed by atoms with van der Waals surface area (Å²) in [4.78, 5) is 4.84. The molecule has 2 aromatic heterocycles. The Kier molecular flexibility index (Phi) is 3.92. The van der Waals surface area contributed by atoms with E-state index in [2.05, 4.69) is 12.0 Å². The first-order valence-electron chi connectivity index (χ1n) is 8.42. The molecule has 5 nitrogen and oxygen atoms in total. The zero-order chi connectivity index (χ0) is 15.6. The van der Waals surface area contributed by atoms with Crippen molar-refractivity contribution in [2.24, 2.45) is 0 Å². The van der Waals surface area contributed by atoms with Crippen molar-refractivity contribution in [3.8, 4) is 18.2 Å². The van der Waals surface area contributed by atoms with Gasteiger partial charge >= 0.3 is 0 Å². The van der Waals surface area contributed by atoms with Crippen molar-refractivity contribution in [2.45, 2.75) is 44.4 Å². The van der Waals surface area contributed by atoms with E-state index >= 15 is 0 Å². The van der Waals surface area contributed by atoms with E-state index in [0.717, 1.165) is 61.8 Å². The van der Waals surface area contributed by atoms with Gasteiger partial charge in [-0.05, 0) is 38.5 Å². The van der Waals surface area contributed by atoms with Crippen LogP contribution in [0.15, 0.2) is 6.07 Å². The van der Waals surface area contributed by atoms with Crippen molar-refractivity contribution >= 4 is 5.65 Å². The molecule has 4 rings (SSSR count). The fourth-order valence-electron chi connectivity index (χ4n) is 3.58. The van der Waals surface area contributed by atoms with Crippen molar-refractivity contribution in [3.63, 3.8) is 0 Å². The van der Waals surface area contributed by atoms with Crippen LogP contribution in [0.1, 0.15) is 48.6 Å². The molecule has 0 radical (unpaired) electrons. The number of nitrogens with zero attached hydrogens (tertiary/aromatic N) is 3. The second kappa shape index (κ2) is 6.21. The Morgan fingerprint density at radius 3 is 2.96 bits per heavy atom. The molecular weight excluding hydrogens is 290 g/mol. The van der Waals surface area contributed by atoms with Gasteiger partial charge in [-0.2, -0.15) is 9.61 Å². The van der Waals surface area contributed by atoms with Crippen molar-refractivity contribution in [1.82, 2.24) is 14.6 Å². The molecule has 0 spiro atoms. The van der Waals surface area contributed by atoms with Crippen LogP contribution in [-0.2, 0) is 17.6 Å². The second-order valence-electron chi connectivity index (χ2n) is 6.27. The van der Waals surface area contributed by atoms with Gasteiger partial charge in [0.1, 0.15) is 0 Å². The lowest BCUT2D eigenvalue weighted by atomic mass is 9.96. The van der Waals surface area contributed by atoms with E-state index in [1.54, 1.807) is 0 Å². The van der Waals surface area contributed by atoms with Gasteiger partial charge < -0.3 is 9.47 Å². The molecule has 1 aliphatic carbocycles. The minimum Gasteiger partial charge on any atom is -0.464 e. The summed E-state index contributed by atoms with van der Waals surface area (Å²) < 4.78 is 13.2. The van der Waals surface area contributed by atoms with Crippen LogP contribution in [0.3, 0.4) is 0 Å². The number of ether oxygens (including phenoxy) is 2. The fourth-order valence-corrected chi connectivity index (χ4v) is 3.58. The maximum atomic E-state index is 5.87. The molecule has 0 aromatic carbocycles. The van der Waals surface area contributed by atoms with E-state index in [4.69, 9.17) is 26.0 Å². The van der Waals surface area contributed by atoms with E-state index in [1.165, 1.54) is 18.4 Å². The molecule has 1 saturated heterocycles. The largest absolute Gasteiger partial charge is 0.464 e. The number of aryl methyl sites for hydroxylation is 1. The average molecular weight is 311 g/mol. The van der Waals surface area contributed by atoms with E-state index in [9.17, 15) is 0 Å². The molecule has 120 valence electrons. The minimum absolute atomic E-state index is 0.262. The second-order valence-corrected chi connectivity index (χ2v) is 6.27. The summed E-state index contributed by atoms with van der Waals surface area (Å²) in [5, 5.41) is 4.80. The smallest absolute Gasteiger partial charge is 0.222 e. The highest BCUT2D eigenvalue weighted by Gasteiger charge is 2.24. The molecule has 0 N–H and O–H groups in total. The maximum absolute atomic E-state index is 5.87. The molecule has 23 heavy (non-hydrogen) atoms. The molecule has 1 aliphatic heterocycles. The third-order valence-electron chi connectivity index (χ3n) is 4.78. The zero-order valence-corrected chi connectivity index (χ0v) is 13.3. The Hall–Kier alpha value is -2.06. The van der Waals surface area contributed by atoms with Crippen molar-refractivity contribution < 1.29 is 9.47 Å². The molecule has 0 unspecified atom stereocenters. The number of aromatic nitrogens is 3. The molecule has 3 heterocycles. The Bertz CT molecular complexity index is 754. The summed E-state index contributed by atoms with van der Waals surface area (Å²) in [6, 6.07) is 2.10. The number of hydrogen-bond acceptors (Lipinski definition) is 4. The summed E-state index contributed by atoms with van der Waals surface area (Å²) in [5.74, 6) is 3.80. The van der Waals surface area contributed by atoms with Gasteiger partial charge in [0.05, 0.1) is 11.4 Å². The van der Waals surface area contributed by atoms with E-state index in [1.807, 2.05) is 4.52 Å². The van der Waals surface area contributed by atoms with Crippen LogP contribution < -0.4 is 4.74 Å². The number of terminal acetylenes is 1. The van der Waals surface area contributed by atoms with Gasteiger partial charge in [0.15, 0.2) is 12.3 Å². The van der Waals surface area contributed by atoms with Crippen LogP contribution in [0.2, 0.25) is 0 Å². The highest BCUT2D eigenvalue weighted by atomic mass is 16.5. The highest BCUT2D eigenvalue weighted by molar-refractivity contribution is 5.49. The maximum Gasteiger partial charge on any atom is 0.222 e. The molecule has 0 bridgehead atoms. The van der Waals surface area contributed by atoms with Crippen molar-refractivity contribution in [3.05, 3.63) is 23.0 Å². The quantitative estimate of drug-likeness (QED) is 0.817. The minimum atomic E-state index is 0.262. The molecule has 2 aromatic rings. The Labute approximate surface area is 136 Å². The number of hydrogen-bond donors (Lipinski definition) is 0. The molecular formula is C18H21N3O2. The third kappa shape index (κ3) is 2.68. The van der Waals surface area contributed by atoms with Gasteiger partial charge in [-0.15, -0.1) is 6.42 Å². The van der Waals surface area contributed by atoms with Crippen LogP contribution in [0.5, 0.6) is 5.88 Å². The molecule has 0 saturated carbocycles. The highest BCUT2D eigenvalue weighted by Crippen LogP contribution is 2.32. The first-order valence-corrected chi connectivity index (χ1v) is 8.42. The lowest BCUT2D eigenvalue weighted by Crippen LogP contribution is -2.15. The average Bonchev–Trinajstić information content (AvgIpc) is 3.03. The van der Waals surface area contributed by atoms with E-state index < -0.39 is 0 Å². The van der Waals surface area contributed by atoms with Crippen LogP contribution in [0.25, 0.3) is 5.65 Å². The summed E-state index contributed by atoms with van der Waals surface area (Å²) in [6.45, 7) is 1.88. The molecule has 5 heteroatoms. The van der Waals surface area contributed by atoms with Gasteiger partial charge in [-0.3, -0.25) is 0 Å². The normalized spacial score (nSPS) is 18.6. The first kappa shape index (κ1) is 14.5. The molecule has 1 fully saturated rings. The fraction of sp³-hybridized carbons (Fsp3) is 0.556. The topological polar surface area (TPSA) is 48.7 Å². The Balaban J connectivity index is 1.80. The van der Waals surface area contributed by atoms with Gasteiger partial charge in [0.25, 0.3) is 0 Å². The van der Waals surface area contributed by atoms with E-state index in [-0.39, 0.29) is 6.61 Å². The van der Waals surface area contributed by atoms with Gasteiger partial charge in [-0.1, -0.05) is 5.92 Å². The zero-order valence-electron chi connectivity index (χ0n) is 13.3. The first-order chi connectivity index (χ1) is 11.4. The summed E-state index contributed by atoms with van der Waals surface area (Å²) in [7, 11) is 0. The van der Waals surface area contributed by atoms with Crippen molar-refractivity contribution in [2.75, 3.05) is 19.8 Å². The third-order valence-corrected chi connectivity index (χ3v) is 4.78. The van der Waals surface area contributed by atoms with Gasteiger partial charge in [-0.25, -0.2) is 4.98 Å². The van der Waals surface area contributed by atoms with Crippen LogP contribution in [0, 0.1) is 12.3 Å². The number of rotatable bonds is 3. The van der Waals surface area contributed by atoms with Gasteiger partial charge in [0.2, 0.25) is 5.88 Å². The van der Waals surface area contributed by atoms with Crippen LogP contribution in [0.4, 0.5) is 0 Å². The predicted molar refractivity (Wildman–Crippen MR) is 86.8 cm³/mol.